The monoisotopic (exact) mass is 452 g/mol. The zero-order valence-electron chi connectivity index (χ0n) is 19.1. The Balaban J connectivity index is 1.56. The van der Waals surface area contributed by atoms with Gasteiger partial charge in [-0.2, -0.15) is 10.2 Å². The lowest BCUT2D eigenvalue weighted by Gasteiger charge is -2.41. The summed E-state index contributed by atoms with van der Waals surface area (Å²) >= 11 is 0. The molecule has 0 unspecified atom stereocenters. The van der Waals surface area contributed by atoms with Crippen LogP contribution in [-0.2, 0) is 5.41 Å². The number of aryl methyl sites for hydroxylation is 1. The fraction of sp³-hybridized carbons (Fsp3) is 0.458. The van der Waals surface area contributed by atoms with E-state index in [-0.39, 0.29) is 34.3 Å². The number of rotatable bonds is 5. The smallest absolute Gasteiger partial charge is 0.293 e. The molecule has 2 heterocycles. The fourth-order valence-corrected chi connectivity index (χ4v) is 5.87. The molecule has 1 aromatic carbocycles. The molecule has 1 amide bonds. The molecule has 2 aliphatic carbocycles. The maximum atomic E-state index is 14.4. The number of fused-ring (bicyclic) bond motifs is 5. The molecule has 0 aliphatic heterocycles. The van der Waals surface area contributed by atoms with Crippen molar-refractivity contribution in [3.05, 3.63) is 58.8 Å². The van der Waals surface area contributed by atoms with Crippen molar-refractivity contribution in [2.75, 3.05) is 13.1 Å². The minimum absolute atomic E-state index is 0.146. The molecule has 2 bridgehead atoms. The highest BCUT2D eigenvalue weighted by atomic mass is 19.1. The van der Waals surface area contributed by atoms with Gasteiger partial charge in [-0.3, -0.25) is 9.89 Å². The van der Waals surface area contributed by atoms with Gasteiger partial charge in [-0.15, -0.1) is 5.10 Å². The van der Waals surface area contributed by atoms with E-state index in [1.807, 2.05) is 6.92 Å². The predicted octanol–water partition coefficient (Wildman–Crippen LogP) is 4.17. The SMILES string of the molecule is CCN(C[C@@]12CC[C@@H](c3cc(-c4c(F)cccc4F)nnc31)C2(C)C)C(=O)c1n[nH]c(C)n1. The molecule has 2 atom stereocenters. The number of hydrogen-bond acceptors (Lipinski definition) is 5. The Kier molecular flexibility index (Phi) is 4.84. The van der Waals surface area contributed by atoms with E-state index in [1.54, 1.807) is 17.9 Å². The second-order valence-corrected chi connectivity index (χ2v) is 9.59. The highest BCUT2D eigenvalue weighted by molar-refractivity contribution is 5.90. The van der Waals surface area contributed by atoms with Crippen LogP contribution in [0.2, 0.25) is 0 Å². The van der Waals surface area contributed by atoms with Crippen molar-refractivity contribution in [2.45, 2.75) is 51.9 Å². The summed E-state index contributed by atoms with van der Waals surface area (Å²) in [6.07, 6.45) is 1.77. The number of amides is 1. The van der Waals surface area contributed by atoms with Gasteiger partial charge in [-0.05, 0) is 61.8 Å². The first-order chi connectivity index (χ1) is 15.7. The van der Waals surface area contributed by atoms with E-state index in [0.29, 0.717) is 18.9 Å². The molecule has 0 radical (unpaired) electrons. The van der Waals surface area contributed by atoms with E-state index in [0.717, 1.165) is 24.1 Å². The summed E-state index contributed by atoms with van der Waals surface area (Å²) in [5, 5.41) is 15.5. The van der Waals surface area contributed by atoms with Crippen molar-refractivity contribution in [2.24, 2.45) is 5.41 Å². The van der Waals surface area contributed by atoms with Crippen molar-refractivity contribution in [1.29, 1.82) is 0 Å². The van der Waals surface area contributed by atoms with E-state index in [9.17, 15) is 13.6 Å². The van der Waals surface area contributed by atoms with Crippen LogP contribution >= 0.6 is 0 Å². The van der Waals surface area contributed by atoms with E-state index >= 15 is 0 Å². The van der Waals surface area contributed by atoms with Crippen LogP contribution in [0, 0.1) is 24.0 Å². The number of halogens is 2. The van der Waals surface area contributed by atoms with Crippen LogP contribution in [-0.4, -0.2) is 49.3 Å². The largest absolute Gasteiger partial charge is 0.335 e. The molecular formula is C24H26F2N6O. The Hall–Kier alpha value is -3.23. The van der Waals surface area contributed by atoms with Crippen LogP contribution in [0.15, 0.2) is 24.3 Å². The van der Waals surface area contributed by atoms with Gasteiger partial charge >= 0.3 is 0 Å². The molecular weight excluding hydrogens is 426 g/mol. The molecule has 1 fully saturated rings. The van der Waals surface area contributed by atoms with E-state index in [1.165, 1.54) is 18.2 Å². The fourth-order valence-electron chi connectivity index (χ4n) is 5.87. The minimum Gasteiger partial charge on any atom is -0.335 e. The highest BCUT2D eigenvalue weighted by Gasteiger charge is 2.64. The number of carbonyl (C=O) groups is 1. The van der Waals surface area contributed by atoms with E-state index in [2.05, 4.69) is 39.2 Å². The Bertz CT molecular complexity index is 1240. The summed E-state index contributed by atoms with van der Waals surface area (Å²) in [6, 6.07) is 5.57. The average molecular weight is 453 g/mol. The Morgan fingerprint density at radius 2 is 1.97 bits per heavy atom. The van der Waals surface area contributed by atoms with Crippen molar-refractivity contribution < 1.29 is 13.6 Å². The summed E-state index contributed by atoms with van der Waals surface area (Å²) < 4.78 is 28.8. The lowest BCUT2D eigenvalue weighted by molar-refractivity contribution is 0.0641. The van der Waals surface area contributed by atoms with Gasteiger partial charge in [0.25, 0.3) is 5.91 Å². The number of likely N-dealkylation sites (N-methyl/N-ethyl adjacent to an activating group) is 1. The summed E-state index contributed by atoms with van der Waals surface area (Å²) in [5.74, 6) is -0.665. The summed E-state index contributed by atoms with van der Waals surface area (Å²) in [7, 11) is 0. The minimum atomic E-state index is -0.661. The van der Waals surface area contributed by atoms with Crippen molar-refractivity contribution in [3.63, 3.8) is 0 Å². The second-order valence-electron chi connectivity index (χ2n) is 9.59. The lowest BCUT2D eigenvalue weighted by atomic mass is 9.68. The van der Waals surface area contributed by atoms with Gasteiger partial charge in [-0.25, -0.2) is 13.8 Å². The van der Waals surface area contributed by atoms with Crippen molar-refractivity contribution >= 4 is 5.91 Å². The summed E-state index contributed by atoms with van der Waals surface area (Å²) in [4.78, 5) is 19.1. The molecule has 33 heavy (non-hydrogen) atoms. The van der Waals surface area contributed by atoms with E-state index in [4.69, 9.17) is 0 Å². The Labute approximate surface area is 190 Å². The molecule has 0 spiro atoms. The van der Waals surface area contributed by atoms with Crippen LogP contribution < -0.4 is 0 Å². The molecule has 9 heteroatoms. The normalized spacial score (nSPS) is 22.4. The number of carbonyl (C=O) groups excluding carboxylic acids is 1. The van der Waals surface area contributed by atoms with Crippen molar-refractivity contribution in [1.82, 2.24) is 30.3 Å². The molecule has 2 aliphatic rings. The maximum Gasteiger partial charge on any atom is 0.293 e. The molecule has 1 N–H and O–H groups in total. The Morgan fingerprint density at radius 1 is 1.24 bits per heavy atom. The first-order valence-corrected chi connectivity index (χ1v) is 11.2. The third-order valence-corrected chi connectivity index (χ3v) is 7.75. The Morgan fingerprint density at radius 3 is 2.61 bits per heavy atom. The van der Waals surface area contributed by atoms with Gasteiger partial charge in [0, 0.05) is 18.5 Å². The number of aromatic nitrogens is 5. The van der Waals surface area contributed by atoms with Crippen LogP contribution in [0.1, 0.15) is 67.2 Å². The van der Waals surface area contributed by atoms with Gasteiger partial charge < -0.3 is 4.90 Å². The van der Waals surface area contributed by atoms with E-state index < -0.39 is 17.0 Å². The molecule has 7 nitrogen and oxygen atoms in total. The number of benzene rings is 1. The topological polar surface area (TPSA) is 87.7 Å². The number of nitrogens with one attached hydrogen (secondary N) is 1. The average Bonchev–Trinajstić information content (AvgIpc) is 3.37. The molecule has 0 saturated heterocycles. The zero-order chi connectivity index (χ0) is 23.5. The summed E-state index contributed by atoms with van der Waals surface area (Å²) in [6.45, 7) is 9.00. The number of aromatic amines is 1. The van der Waals surface area contributed by atoms with Gasteiger partial charge in [0.1, 0.15) is 17.5 Å². The first-order valence-electron chi connectivity index (χ1n) is 11.2. The lowest BCUT2D eigenvalue weighted by Crippen LogP contribution is -2.48. The quantitative estimate of drug-likeness (QED) is 0.628. The molecule has 1 saturated carbocycles. The predicted molar refractivity (Wildman–Crippen MR) is 118 cm³/mol. The third kappa shape index (κ3) is 3.01. The highest BCUT2D eigenvalue weighted by Crippen LogP contribution is 2.67. The van der Waals surface area contributed by atoms with Gasteiger partial charge in [-0.1, -0.05) is 19.9 Å². The number of hydrogen-bond donors (Lipinski definition) is 1. The number of nitrogens with zero attached hydrogens (tertiary/aromatic N) is 5. The molecule has 3 aromatic rings. The van der Waals surface area contributed by atoms with Gasteiger partial charge in [0.15, 0.2) is 0 Å². The van der Waals surface area contributed by atoms with Crippen LogP contribution in [0.4, 0.5) is 8.78 Å². The van der Waals surface area contributed by atoms with Crippen molar-refractivity contribution in [3.8, 4) is 11.3 Å². The molecule has 172 valence electrons. The maximum absolute atomic E-state index is 14.4. The number of H-pyrrole nitrogens is 1. The van der Waals surface area contributed by atoms with Gasteiger partial charge in [0.2, 0.25) is 5.82 Å². The van der Waals surface area contributed by atoms with Crippen LogP contribution in [0.25, 0.3) is 11.3 Å². The zero-order valence-corrected chi connectivity index (χ0v) is 19.1. The first kappa shape index (κ1) is 21.6. The standard InChI is InChI=1S/C24H26F2N6O/c1-5-32(22(33)21-27-13(2)28-31-21)12-24-10-9-15(23(24,3)4)14-11-18(29-30-20(14)24)19-16(25)7-6-8-17(19)26/h6-8,11,15H,5,9-10,12H2,1-4H3,(H,27,28,31)/t15-,24-/m0/s1. The summed E-state index contributed by atoms with van der Waals surface area (Å²) in [5.41, 5.74) is 1.20. The third-order valence-electron chi connectivity index (χ3n) is 7.75. The second kappa shape index (κ2) is 7.40. The molecule has 2 aromatic heterocycles. The molecule has 5 rings (SSSR count). The van der Waals surface area contributed by atoms with Gasteiger partial charge in [0.05, 0.1) is 17.0 Å². The van der Waals surface area contributed by atoms with Crippen LogP contribution in [0.5, 0.6) is 0 Å². The van der Waals surface area contributed by atoms with Crippen LogP contribution in [0.3, 0.4) is 0 Å².